The van der Waals surface area contributed by atoms with Crippen molar-refractivity contribution in [2.45, 2.75) is 33.1 Å². The molecular formula is C12H19N3O3S. The Morgan fingerprint density at radius 3 is 2.53 bits per heavy atom. The zero-order valence-corrected chi connectivity index (χ0v) is 12.0. The number of unbranched alkanes of at least 4 members (excludes halogenated alkanes) is 2. The van der Waals surface area contributed by atoms with Gasteiger partial charge in [0.25, 0.3) is 0 Å². The van der Waals surface area contributed by atoms with Gasteiger partial charge in [0.1, 0.15) is 0 Å². The van der Waals surface area contributed by atoms with Crippen molar-refractivity contribution in [3.8, 4) is 0 Å². The summed E-state index contributed by atoms with van der Waals surface area (Å²) in [6.07, 6.45) is 2.28. The number of thiazole rings is 1. The van der Waals surface area contributed by atoms with Crippen molar-refractivity contribution in [1.82, 2.24) is 10.3 Å². The zero-order valence-electron chi connectivity index (χ0n) is 11.2. The molecule has 1 aromatic rings. The van der Waals surface area contributed by atoms with Gasteiger partial charge in [-0.3, -0.25) is 14.9 Å². The molecule has 0 saturated heterocycles. The maximum Gasteiger partial charge on any atom is 0.315 e. The third-order valence-corrected chi connectivity index (χ3v) is 3.56. The van der Waals surface area contributed by atoms with E-state index in [0.717, 1.165) is 23.4 Å². The summed E-state index contributed by atoms with van der Waals surface area (Å²) in [5.41, 5.74) is 0.852. The topological polar surface area (TPSA) is 91.3 Å². The third-order valence-electron chi connectivity index (χ3n) is 2.58. The Balaban J connectivity index is 2.30. The molecule has 106 valence electrons. The molecule has 7 heteroatoms. The third kappa shape index (κ3) is 5.35. The number of carbonyl (C=O) groups is 2. The summed E-state index contributed by atoms with van der Waals surface area (Å²) in [4.78, 5) is 28.2. The van der Waals surface area contributed by atoms with Gasteiger partial charge in [0, 0.05) is 18.0 Å². The van der Waals surface area contributed by atoms with E-state index in [4.69, 9.17) is 5.11 Å². The molecule has 0 fully saturated rings. The van der Waals surface area contributed by atoms with E-state index in [1.807, 2.05) is 13.8 Å². The van der Waals surface area contributed by atoms with Crippen LogP contribution in [-0.2, 0) is 9.59 Å². The van der Waals surface area contributed by atoms with Crippen molar-refractivity contribution >= 4 is 28.3 Å². The second-order valence-electron chi connectivity index (χ2n) is 4.15. The van der Waals surface area contributed by atoms with E-state index in [2.05, 4.69) is 15.6 Å². The molecule has 2 amide bonds. The summed E-state index contributed by atoms with van der Waals surface area (Å²) in [5, 5.41) is 14.0. The number of anilines is 1. The van der Waals surface area contributed by atoms with Crippen molar-refractivity contribution in [2.75, 3.05) is 18.5 Å². The Bertz CT molecular complexity index is 426. The number of aryl methyl sites for hydroxylation is 2. The van der Waals surface area contributed by atoms with Gasteiger partial charge in [0.2, 0.25) is 0 Å². The van der Waals surface area contributed by atoms with Gasteiger partial charge in [-0.15, -0.1) is 11.3 Å². The normalized spacial score (nSPS) is 10.3. The smallest absolute Gasteiger partial charge is 0.315 e. The average Bonchev–Trinajstić information content (AvgIpc) is 2.67. The summed E-state index contributed by atoms with van der Waals surface area (Å²) in [6.45, 7) is 4.34. The molecule has 1 aromatic heterocycles. The lowest BCUT2D eigenvalue weighted by atomic mass is 10.2. The fraction of sp³-hybridized carbons (Fsp3) is 0.583. The molecule has 0 radical (unpaired) electrons. The van der Waals surface area contributed by atoms with Crippen LogP contribution in [0.4, 0.5) is 5.13 Å². The van der Waals surface area contributed by atoms with Crippen molar-refractivity contribution in [1.29, 1.82) is 0 Å². The van der Waals surface area contributed by atoms with E-state index in [1.54, 1.807) is 0 Å². The molecule has 1 rings (SSSR count). The number of aliphatic hydroxyl groups excluding tert-OH is 1. The summed E-state index contributed by atoms with van der Waals surface area (Å²) in [5.74, 6) is -1.36. The predicted molar refractivity (Wildman–Crippen MR) is 74.2 cm³/mol. The molecule has 0 aromatic carbocycles. The lowest BCUT2D eigenvalue weighted by Crippen LogP contribution is -2.35. The Morgan fingerprint density at radius 1 is 1.21 bits per heavy atom. The number of nitrogens with one attached hydrogen (secondary N) is 2. The van der Waals surface area contributed by atoms with Crippen molar-refractivity contribution in [2.24, 2.45) is 0 Å². The van der Waals surface area contributed by atoms with Crippen LogP contribution in [0.1, 0.15) is 29.8 Å². The summed E-state index contributed by atoms with van der Waals surface area (Å²) in [6, 6.07) is 0. The number of rotatable bonds is 6. The Morgan fingerprint density at radius 2 is 1.95 bits per heavy atom. The molecular weight excluding hydrogens is 266 g/mol. The molecule has 6 nitrogen and oxygen atoms in total. The van der Waals surface area contributed by atoms with Gasteiger partial charge >= 0.3 is 11.8 Å². The van der Waals surface area contributed by atoms with Crippen LogP contribution in [0, 0.1) is 13.8 Å². The standard InChI is InChI=1S/C12H19N3O3S/c1-8-9(2)19-12(14-8)15-11(18)10(17)13-6-4-3-5-7-16/h16H,3-7H2,1-2H3,(H,13,17)(H,14,15,18). The first kappa shape index (κ1) is 15.6. The molecule has 0 unspecified atom stereocenters. The second kappa shape index (κ2) is 7.85. The number of nitrogens with zero attached hydrogens (tertiary/aromatic N) is 1. The molecule has 3 N–H and O–H groups in total. The van der Waals surface area contributed by atoms with Gasteiger partial charge in [-0.25, -0.2) is 4.98 Å². The highest BCUT2D eigenvalue weighted by atomic mass is 32.1. The van der Waals surface area contributed by atoms with Crippen LogP contribution in [-0.4, -0.2) is 35.1 Å². The molecule has 0 spiro atoms. The lowest BCUT2D eigenvalue weighted by Gasteiger charge is -2.04. The Kier molecular flexibility index (Phi) is 6.44. The highest BCUT2D eigenvalue weighted by molar-refractivity contribution is 7.15. The maximum absolute atomic E-state index is 11.6. The van der Waals surface area contributed by atoms with Crippen LogP contribution in [0.5, 0.6) is 0 Å². The first-order chi connectivity index (χ1) is 9.04. The minimum atomic E-state index is -0.698. The van der Waals surface area contributed by atoms with Gasteiger partial charge < -0.3 is 10.4 Å². The monoisotopic (exact) mass is 285 g/mol. The molecule has 19 heavy (non-hydrogen) atoms. The molecule has 0 aliphatic carbocycles. The number of hydrogen-bond acceptors (Lipinski definition) is 5. The van der Waals surface area contributed by atoms with E-state index in [0.29, 0.717) is 18.1 Å². The molecule has 0 atom stereocenters. The maximum atomic E-state index is 11.6. The molecule has 0 bridgehead atoms. The average molecular weight is 285 g/mol. The van der Waals surface area contributed by atoms with E-state index in [9.17, 15) is 9.59 Å². The number of amides is 2. The molecule has 0 saturated carbocycles. The van der Waals surface area contributed by atoms with Gasteiger partial charge in [-0.2, -0.15) is 0 Å². The van der Waals surface area contributed by atoms with Gasteiger partial charge in [-0.05, 0) is 33.1 Å². The zero-order chi connectivity index (χ0) is 14.3. The number of carbonyl (C=O) groups excluding carboxylic acids is 2. The van der Waals surface area contributed by atoms with Gasteiger partial charge in [0.15, 0.2) is 5.13 Å². The first-order valence-corrected chi connectivity index (χ1v) is 7.00. The van der Waals surface area contributed by atoms with Crippen molar-refractivity contribution in [3.05, 3.63) is 10.6 Å². The van der Waals surface area contributed by atoms with E-state index < -0.39 is 11.8 Å². The SMILES string of the molecule is Cc1nc(NC(=O)C(=O)NCCCCCO)sc1C. The van der Waals surface area contributed by atoms with Crippen LogP contribution in [0.25, 0.3) is 0 Å². The molecule has 0 aliphatic rings. The van der Waals surface area contributed by atoms with Crippen molar-refractivity contribution < 1.29 is 14.7 Å². The largest absolute Gasteiger partial charge is 0.396 e. The predicted octanol–water partition coefficient (Wildman–Crippen LogP) is 0.977. The minimum Gasteiger partial charge on any atom is -0.396 e. The highest BCUT2D eigenvalue weighted by Gasteiger charge is 2.15. The van der Waals surface area contributed by atoms with E-state index in [-0.39, 0.29) is 6.61 Å². The quantitative estimate of drug-likeness (QED) is 0.536. The number of aliphatic hydroxyl groups is 1. The summed E-state index contributed by atoms with van der Waals surface area (Å²) < 4.78 is 0. The Hall–Kier alpha value is -1.47. The number of aromatic nitrogens is 1. The lowest BCUT2D eigenvalue weighted by molar-refractivity contribution is -0.136. The summed E-state index contributed by atoms with van der Waals surface area (Å²) in [7, 11) is 0. The van der Waals surface area contributed by atoms with Crippen LogP contribution in [0.3, 0.4) is 0 Å². The number of hydrogen-bond donors (Lipinski definition) is 3. The van der Waals surface area contributed by atoms with Crippen LogP contribution >= 0.6 is 11.3 Å². The second-order valence-corrected chi connectivity index (χ2v) is 5.36. The highest BCUT2D eigenvalue weighted by Crippen LogP contribution is 2.20. The minimum absolute atomic E-state index is 0.150. The van der Waals surface area contributed by atoms with Crippen molar-refractivity contribution in [3.63, 3.8) is 0 Å². The fourth-order valence-corrected chi connectivity index (χ4v) is 2.19. The fourth-order valence-electron chi connectivity index (χ4n) is 1.38. The van der Waals surface area contributed by atoms with E-state index >= 15 is 0 Å². The van der Waals surface area contributed by atoms with Gasteiger partial charge in [-0.1, -0.05) is 0 Å². The van der Waals surface area contributed by atoms with E-state index in [1.165, 1.54) is 11.3 Å². The van der Waals surface area contributed by atoms with Crippen LogP contribution < -0.4 is 10.6 Å². The van der Waals surface area contributed by atoms with Crippen LogP contribution in [0.2, 0.25) is 0 Å². The Labute approximate surface area is 116 Å². The molecule has 1 heterocycles. The van der Waals surface area contributed by atoms with Gasteiger partial charge in [0.05, 0.1) is 5.69 Å². The van der Waals surface area contributed by atoms with Crippen LogP contribution in [0.15, 0.2) is 0 Å². The molecule has 0 aliphatic heterocycles. The first-order valence-electron chi connectivity index (χ1n) is 6.18. The summed E-state index contributed by atoms with van der Waals surface area (Å²) >= 11 is 1.34.